The molecule has 0 aliphatic heterocycles. The topological polar surface area (TPSA) is 91.4 Å². The molecule has 0 N–H and O–H groups in total. The van der Waals surface area contributed by atoms with Crippen molar-refractivity contribution in [2.24, 2.45) is 29.6 Å². The van der Waals surface area contributed by atoms with E-state index >= 15 is 0 Å². The van der Waals surface area contributed by atoms with Crippen LogP contribution in [0.1, 0.15) is 86.5 Å². The first kappa shape index (κ1) is 34.1. The van der Waals surface area contributed by atoms with E-state index in [1.165, 1.54) is 4.90 Å². The van der Waals surface area contributed by atoms with Crippen molar-refractivity contribution in [1.82, 2.24) is 4.90 Å². The molecule has 1 aliphatic rings. The average molecular weight is 540 g/mol. The second-order valence-corrected chi connectivity index (χ2v) is 11.3. The minimum absolute atomic E-state index is 0.00602. The summed E-state index contributed by atoms with van der Waals surface area (Å²) in [6.45, 7) is 12.1. The number of esters is 2. The molecule has 1 rings (SSSR count). The van der Waals surface area contributed by atoms with Crippen molar-refractivity contribution < 1.29 is 33.3 Å². The lowest BCUT2D eigenvalue weighted by Crippen LogP contribution is -2.40. The molecule has 8 nitrogen and oxygen atoms in total. The molecule has 0 spiro atoms. The first-order valence-corrected chi connectivity index (χ1v) is 14.3. The van der Waals surface area contributed by atoms with E-state index in [2.05, 4.69) is 27.7 Å². The summed E-state index contributed by atoms with van der Waals surface area (Å²) in [6.07, 6.45) is 8.88. The molecule has 220 valence electrons. The molecule has 0 heterocycles. The van der Waals surface area contributed by atoms with Crippen LogP contribution in [0, 0.1) is 29.6 Å². The summed E-state index contributed by atoms with van der Waals surface area (Å²) in [6, 6.07) is 0. The molecule has 1 amide bonds. The first-order valence-electron chi connectivity index (χ1n) is 14.3. The molecule has 1 aliphatic carbocycles. The van der Waals surface area contributed by atoms with Gasteiger partial charge in [0.15, 0.2) is 0 Å². The van der Waals surface area contributed by atoms with Gasteiger partial charge in [0.2, 0.25) is 6.41 Å². The van der Waals surface area contributed by atoms with Crippen LogP contribution in [0.5, 0.6) is 0 Å². The summed E-state index contributed by atoms with van der Waals surface area (Å²) in [7, 11) is 5.06. The Hall–Kier alpha value is -1.93. The Morgan fingerprint density at radius 2 is 1.61 bits per heavy atom. The number of carbonyl (C=O) groups is 3. The summed E-state index contributed by atoms with van der Waals surface area (Å²) < 4.78 is 23.6. The zero-order valence-electron chi connectivity index (χ0n) is 25.2. The highest BCUT2D eigenvalue weighted by atomic mass is 16.6. The molecule has 0 saturated heterocycles. The SMILES string of the molecule is CCC(=O)O[C@@H](C[C@H](OC)[C@@H](C)CC[C@@H](OC(=O)C1CCC1)[C@H](C)[C@H](OC)[C@H](C)/C=C/N(C)C=O)C(C)C. The highest BCUT2D eigenvalue weighted by Gasteiger charge is 2.36. The second-order valence-electron chi connectivity index (χ2n) is 11.3. The summed E-state index contributed by atoms with van der Waals surface area (Å²) in [5.74, 6) is -0.0300. The zero-order valence-corrected chi connectivity index (χ0v) is 25.2. The van der Waals surface area contributed by atoms with E-state index in [1.54, 1.807) is 34.4 Å². The molecule has 8 heteroatoms. The van der Waals surface area contributed by atoms with Crippen LogP contribution in [0.4, 0.5) is 0 Å². The van der Waals surface area contributed by atoms with E-state index in [0.717, 1.165) is 32.1 Å². The van der Waals surface area contributed by atoms with Crippen molar-refractivity contribution in [3.05, 3.63) is 12.3 Å². The summed E-state index contributed by atoms with van der Waals surface area (Å²) in [5, 5.41) is 0. The van der Waals surface area contributed by atoms with Gasteiger partial charge in [-0.2, -0.15) is 0 Å². The molecule has 0 aromatic rings. The third-order valence-electron chi connectivity index (χ3n) is 8.02. The number of nitrogens with zero attached hydrogens (tertiary/aromatic N) is 1. The van der Waals surface area contributed by atoms with Gasteiger partial charge in [0.1, 0.15) is 12.2 Å². The molecule has 0 radical (unpaired) electrons. The molecule has 0 bridgehead atoms. The van der Waals surface area contributed by atoms with Gasteiger partial charge >= 0.3 is 11.9 Å². The molecule has 38 heavy (non-hydrogen) atoms. The molecule has 1 fully saturated rings. The van der Waals surface area contributed by atoms with E-state index in [9.17, 15) is 14.4 Å². The van der Waals surface area contributed by atoms with Gasteiger partial charge < -0.3 is 23.8 Å². The third-order valence-corrected chi connectivity index (χ3v) is 8.02. The fourth-order valence-corrected chi connectivity index (χ4v) is 4.97. The van der Waals surface area contributed by atoms with Crippen LogP contribution in [0.2, 0.25) is 0 Å². The number of methoxy groups -OCH3 is 2. The van der Waals surface area contributed by atoms with E-state index in [0.29, 0.717) is 19.3 Å². The number of ether oxygens (including phenoxy) is 4. The maximum atomic E-state index is 12.9. The lowest BCUT2D eigenvalue weighted by atomic mass is 9.83. The minimum atomic E-state index is -0.313. The van der Waals surface area contributed by atoms with Crippen molar-refractivity contribution >= 4 is 18.3 Å². The van der Waals surface area contributed by atoms with Crippen molar-refractivity contribution in [3.63, 3.8) is 0 Å². The molecule has 7 atom stereocenters. The molecule has 0 aromatic heterocycles. The summed E-state index contributed by atoms with van der Waals surface area (Å²) in [5.41, 5.74) is 0. The lowest BCUT2D eigenvalue weighted by molar-refractivity contribution is -0.164. The normalized spacial score (nSPS) is 19.6. The molecular formula is C30H53NO7. The van der Waals surface area contributed by atoms with Crippen LogP contribution in [0.15, 0.2) is 12.3 Å². The predicted octanol–water partition coefficient (Wildman–Crippen LogP) is 5.39. The average Bonchev–Trinajstić information content (AvgIpc) is 2.85. The molecule has 1 saturated carbocycles. The number of amides is 1. The lowest BCUT2D eigenvalue weighted by Gasteiger charge is -2.35. The predicted molar refractivity (Wildman–Crippen MR) is 148 cm³/mol. The maximum Gasteiger partial charge on any atom is 0.309 e. The molecule has 0 aromatic carbocycles. The Labute approximate surface area is 230 Å². The standard InChI is InChI=1S/C30H53NO7/c1-10-28(33)37-26(20(2)3)18-27(35-8)21(4)14-15-25(38-30(34)24-12-11-13-24)23(6)29(36-9)22(5)16-17-31(7)19-32/h16-17,19-27,29H,10-15,18H2,1-9H3/b17-16+/t21-,22+,23-,25+,26-,27-,29+/m0/s1. The summed E-state index contributed by atoms with van der Waals surface area (Å²) in [4.78, 5) is 37.2. The van der Waals surface area contributed by atoms with E-state index in [4.69, 9.17) is 18.9 Å². The summed E-state index contributed by atoms with van der Waals surface area (Å²) >= 11 is 0. The van der Waals surface area contributed by atoms with Gasteiger partial charge in [0.25, 0.3) is 0 Å². The Balaban J connectivity index is 2.98. The molecule has 0 unspecified atom stereocenters. The minimum Gasteiger partial charge on any atom is -0.462 e. The number of carbonyl (C=O) groups excluding carboxylic acids is 3. The quantitative estimate of drug-likeness (QED) is 0.161. The molecular weight excluding hydrogens is 486 g/mol. The zero-order chi connectivity index (χ0) is 28.8. The highest BCUT2D eigenvalue weighted by Crippen LogP contribution is 2.32. The van der Waals surface area contributed by atoms with Crippen molar-refractivity contribution in [3.8, 4) is 0 Å². The Morgan fingerprint density at radius 1 is 0.947 bits per heavy atom. The van der Waals surface area contributed by atoms with Crippen molar-refractivity contribution in [2.45, 2.75) is 111 Å². The van der Waals surface area contributed by atoms with E-state index in [1.807, 2.05) is 13.0 Å². The van der Waals surface area contributed by atoms with E-state index in [-0.39, 0.29) is 65.9 Å². The Kier molecular flexibility index (Phi) is 15.8. The smallest absolute Gasteiger partial charge is 0.309 e. The fourth-order valence-electron chi connectivity index (χ4n) is 4.97. The van der Waals surface area contributed by atoms with Crippen LogP contribution in [-0.4, -0.2) is 68.9 Å². The van der Waals surface area contributed by atoms with Crippen LogP contribution in [0.3, 0.4) is 0 Å². The third kappa shape index (κ3) is 11.0. The van der Waals surface area contributed by atoms with Gasteiger partial charge in [-0.15, -0.1) is 0 Å². The van der Waals surface area contributed by atoms with Gasteiger partial charge in [-0.3, -0.25) is 14.4 Å². The van der Waals surface area contributed by atoms with Gasteiger partial charge in [-0.1, -0.05) is 54.0 Å². The van der Waals surface area contributed by atoms with Gasteiger partial charge in [-0.25, -0.2) is 0 Å². The largest absolute Gasteiger partial charge is 0.462 e. The second kappa shape index (κ2) is 17.6. The number of rotatable bonds is 19. The van der Waals surface area contributed by atoms with Crippen molar-refractivity contribution in [1.29, 1.82) is 0 Å². The van der Waals surface area contributed by atoms with E-state index < -0.39 is 0 Å². The number of hydrogen-bond donors (Lipinski definition) is 0. The Morgan fingerprint density at radius 3 is 2.08 bits per heavy atom. The highest BCUT2D eigenvalue weighted by molar-refractivity contribution is 5.73. The Bertz CT molecular complexity index is 736. The van der Waals surface area contributed by atoms with Crippen LogP contribution < -0.4 is 0 Å². The van der Waals surface area contributed by atoms with Crippen LogP contribution >= 0.6 is 0 Å². The monoisotopic (exact) mass is 539 g/mol. The van der Waals surface area contributed by atoms with Crippen LogP contribution in [-0.2, 0) is 33.3 Å². The fraction of sp³-hybridized carbons (Fsp3) is 0.833. The number of hydrogen-bond acceptors (Lipinski definition) is 7. The van der Waals surface area contributed by atoms with Gasteiger partial charge in [-0.05, 0) is 37.5 Å². The van der Waals surface area contributed by atoms with Gasteiger partial charge in [0, 0.05) is 52.1 Å². The van der Waals surface area contributed by atoms with Crippen molar-refractivity contribution in [2.75, 3.05) is 21.3 Å². The maximum absolute atomic E-state index is 12.9. The van der Waals surface area contributed by atoms with Gasteiger partial charge in [0.05, 0.1) is 18.1 Å². The first-order chi connectivity index (χ1) is 18.0. The van der Waals surface area contributed by atoms with Crippen LogP contribution in [0.25, 0.3) is 0 Å².